The first-order valence-corrected chi connectivity index (χ1v) is 8.65. The molecule has 2 atom stereocenters. The third-order valence-electron chi connectivity index (χ3n) is 4.38. The lowest BCUT2D eigenvalue weighted by Gasteiger charge is -2.55. The Morgan fingerprint density at radius 1 is 1.29 bits per heavy atom. The Hall–Kier alpha value is -1.18. The summed E-state index contributed by atoms with van der Waals surface area (Å²) in [5, 5.41) is 0. The molecule has 21 heavy (non-hydrogen) atoms. The first-order chi connectivity index (χ1) is 9.93. The van der Waals surface area contributed by atoms with E-state index in [0.29, 0.717) is 11.9 Å². The van der Waals surface area contributed by atoms with Gasteiger partial charge in [-0.2, -0.15) is 4.31 Å². The third-order valence-corrected chi connectivity index (χ3v) is 6.37. The molecule has 3 rings (SSSR count). The summed E-state index contributed by atoms with van der Waals surface area (Å²) in [5.41, 5.74) is 0. The van der Waals surface area contributed by atoms with E-state index < -0.39 is 10.0 Å². The van der Waals surface area contributed by atoms with Gasteiger partial charge in [0.15, 0.2) is 0 Å². The molecule has 1 aromatic rings. The van der Waals surface area contributed by atoms with Gasteiger partial charge in [-0.3, -0.25) is 4.90 Å². The van der Waals surface area contributed by atoms with Crippen LogP contribution in [0.4, 0.5) is 0 Å². The van der Waals surface area contributed by atoms with Gasteiger partial charge in [0.2, 0.25) is 15.9 Å². The number of fused-ring (bicyclic) bond motifs is 2. The van der Waals surface area contributed by atoms with Crippen LogP contribution in [0.1, 0.15) is 20.3 Å². The van der Waals surface area contributed by atoms with E-state index in [1.807, 2.05) is 0 Å². The summed E-state index contributed by atoms with van der Waals surface area (Å²) in [7, 11) is -1.94. The molecular weight excluding hydrogens is 290 g/mol. The fourth-order valence-corrected chi connectivity index (χ4v) is 4.94. The topological polar surface area (TPSA) is 62.7 Å². The van der Waals surface area contributed by atoms with E-state index in [1.165, 1.54) is 13.3 Å². The van der Waals surface area contributed by atoms with Crippen molar-refractivity contribution < 1.29 is 13.2 Å². The molecule has 1 aromatic heterocycles. The van der Waals surface area contributed by atoms with Gasteiger partial charge >= 0.3 is 0 Å². The molecule has 0 aliphatic carbocycles. The van der Waals surface area contributed by atoms with Crippen LogP contribution in [0.25, 0.3) is 0 Å². The molecule has 6 nitrogen and oxygen atoms in total. The Labute approximate surface area is 125 Å². The summed E-state index contributed by atoms with van der Waals surface area (Å²) in [4.78, 5) is 6.59. The van der Waals surface area contributed by atoms with Gasteiger partial charge in [0, 0.05) is 37.3 Å². The van der Waals surface area contributed by atoms with Gasteiger partial charge in [0.25, 0.3) is 0 Å². The quantitative estimate of drug-likeness (QED) is 0.828. The number of rotatable bonds is 4. The van der Waals surface area contributed by atoms with Crippen LogP contribution in [0, 0.1) is 0 Å². The number of piperazine rings is 1. The average molecular weight is 311 g/mol. The molecule has 0 amide bonds. The molecule has 2 bridgehead atoms. The lowest BCUT2D eigenvalue weighted by molar-refractivity contribution is -0.0200. The Bertz CT molecular complexity index is 603. The third kappa shape index (κ3) is 2.43. The SMILES string of the molecule is COc1ccc(S(=O)(=O)N2C3CC2CN(C(C)C)C3)cn1. The molecule has 0 N–H and O–H groups in total. The number of hydrogen-bond donors (Lipinski definition) is 0. The summed E-state index contributed by atoms with van der Waals surface area (Å²) in [5.74, 6) is 0.420. The van der Waals surface area contributed by atoms with Gasteiger partial charge in [-0.25, -0.2) is 13.4 Å². The number of ether oxygens (including phenoxy) is 1. The van der Waals surface area contributed by atoms with E-state index in [9.17, 15) is 8.42 Å². The largest absolute Gasteiger partial charge is 0.481 e. The summed E-state index contributed by atoms with van der Waals surface area (Å²) < 4.78 is 32.1. The second-order valence-electron chi connectivity index (χ2n) is 5.96. The molecule has 0 spiro atoms. The van der Waals surface area contributed by atoms with Crippen LogP contribution in [0.3, 0.4) is 0 Å². The Kier molecular flexibility index (Phi) is 3.67. The van der Waals surface area contributed by atoms with Crippen LogP contribution in [-0.2, 0) is 10.0 Å². The van der Waals surface area contributed by atoms with Gasteiger partial charge in [0.1, 0.15) is 4.90 Å². The number of hydrogen-bond acceptors (Lipinski definition) is 5. The van der Waals surface area contributed by atoms with Gasteiger partial charge < -0.3 is 4.74 Å². The zero-order chi connectivity index (χ0) is 15.2. The van der Waals surface area contributed by atoms with Crippen molar-refractivity contribution in [2.24, 2.45) is 0 Å². The maximum Gasteiger partial charge on any atom is 0.245 e. The predicted octanol–water partition coefficient (Wildman–Crippen LogP) is 0.946. The van der Waals surface area contributed by atoms with Crippen LogP contribution >= 0.6 is 0 Å². The van der Waals surface area contributed by atoms with Crippen LogP contribution in [0.15, 0.2) is 23.2 Å². The van der Waals surface area contributed by atoms with Crippen LogP contribution in [0.2, 0.25) is 0 Å². The number of methoxy groups -OCH3 is 1. The second kappa shape index (κ2) is 5.23. The monoisotopic (exact) mass is 311 g/mol. The van der Waals surface area contributed by atoms with E-state index in [1.54, 1.807) is 16.4 Å². The first kappa shape index (κ1) is 14.7. The van der Waals surface area contributed by atoms with Crippen molar-refractivity contribution in [1.29, 1.82) is 0 Å². The Morgan fingerprint density at radius 3 is 2.43 bits per heavy atom. The fraction of sp³-hybridized carbons (Fsp3) is 0.643. The van der Waals surface area contributed by atoms with Crippen molar-refractivity contribution in [2.45, 2.75) is 43.3 Å². The highest BCUT2D eigenvalue weighted by atomic mass is 32.2. The predicted molar refractivity (Wildman–Crippen MR) is 78.7 cm³/mol. The normalized spacial score (nSPS) is 26.7. The molecular formula is C14H21N3O3S. The minimum Gasteiger partial charge on any atom is -0.481 e. The number of nitrogens with zero attached hydrogens (tertiary/aromatic N) is 3. The summed E-state index contributed by atoms with van der Waals surface area (Å²) in [6, 6.07) is 3.80. The van der Waals surface area contributed by atoms with Gasteiger partial charge in [0.05, 0.1) is 13.3 Å². The van der Waals surface area contributed by atoms with Crippen LogP contribution < -0.4 is 4.74 Å². The summed E-state index contributed by atoms with van der Waals surface area (Å²) in [6.07, 6.45) is 2.34. The van der Waals surface area contributed by atoms with Crippen LogP contribution in [0.5, 0.6) is 5.88 Å². The zero-order valence-electron chi connectivity index (χ0n) is 12.6. The zero-order valence-corrected chi connectivity index (χ0v) is 13.4. The Morgan fingerprint density at radius 2 is 1.95 bits per heavy atom. The van der Waals surface area contributed by atoms with Crippen LogP contribution in [-0.4, -0.2) is 60.9 Å². The van der Waals surface area contributed by atoms with E-state index in [4.69, 9.17) is 4.74 Å². The number of pyridine rings is 1. The van der Waals surface area contributed by atoms with Crippen molar-refractivity contribution in [1.82, 2.24) is 14.2 Å². The molecule has 116 valence electrons. The van der Waals surface area contributed by atoms with Gasteiger partial charge in [-0.05, 0) is 26.3 Å². The van der Waals surface area contributed by atoms with E-state index in [-0.39, 0.29) is 17.0 Å². The smallest absolute Gasteiger partial charge is 0.245 e. The molecule has 0 radical (unpaired) electrons. The lowest BCUT2D eigenvalue weighted by Crippen LogP contribution is -2.70. The summed E-state index contributed by atoms with van der Waals surface area (Å²) >= 11 is 0. The molecule has 7 heteroatoms. The standard InChI is InChI=1S/C14H21N3O3S/c1-10(2)16-8-11-6-12(9-16)17(11)21(18,19)13-4-5-14(20-3)15-7-13/h4-5,7,10-12H,6,8-9H2,1-3H3. The maximum absolute atomic E-state index is 12.7. The maximum atomic E-state index is 12.7. The molecule has 2 fully saturated rings. The van der Waals surface area contributed by atoms with E-state index >= 15 is 0 Å². The highest BCUT2D eigenvalue weighted by Crippen LogP contribution is 2.38. The average Bonchev–Trinajstić information content (AvgIpc) is 2.46. The minimum atomic E-state index is -3.45. The van der Waals surface area contributed by atoms with Crippen molar-refractivity contribution in [3.8, 4) is 5.88 Å². The highest BCUT2D eigenvalue weighted by Gasteiger charge is 2.51. The number of piperidine rings is 1. The van der Waals surface area contributed by atoms with Crippen molar-refractivity contribution in [3.05, 3.63) is 18.3 Å². The van der Waals surface area contributed by atoms with E-state index in [2.05, 4.69) is 23.7 Å². The summed E-state index contributed by atoms with van der Waals surface area (Å²) in [6.45, 7) is 5.93. The van der Waals surface area contributed by atoms with Gasteiger partial charge in [-0.15, -0.1) is 0 Å². The molecule has 2 unspecified atom stereocenters. The molecule has 3 heterocycles. The van der Waals surface area contributed by atoms with Gasteiger partial charge in [-0.1, -0.05) is 0 Å². The molecule has 0 aromatic carbocycles. The molecule has 2 saturated heterocycles. The second-order valence-corrected chi connectivity index (χ2v) is 7.81. The number of sulfonamides is 1. The Balaban J connectivity index is 1.81. The lowest BCUT2D eigenvalue weighted by atomic mass is 9.90. The minimum absolute atomic E-state index is 0.0956. The highest BCUT2D eigenvalue weighted by molar-refractivity contribution is 7.89. The van der Waals surface area contributed by atoms with Crippen molar-refractivity contribution in [2.75, 3.05) is 20.2 Å². The molecule has 2 aliphatic rings. The van der Waals surface area contributed by atoms with Crippen molar-refractivity contribution in [3.63, 3.8) is 0 Å². The number of aromatic nitrogens is 1. The first-order valence-electron chi connectivity index (χ1n) is 7.21. The van der Waals surface area contributed by atoms with E-state index in [0.717, 1.165) is 19.5 Å². The fourth-order valence-electron chi connectivity index (χ4n) is 3.18. The molecule has 2 aliphatic heterocycles. The molecule has 0 saturated carbocycles. The number of likely N-dealkylation sites (tertiary alicyclic amines) is 1. The van der Waals surface area contributed by atoms with Crippen molar-refractivity contribution >= 4 is 10.0 Å².